The summed E-state index contributed by atoms with van der Waals surface area (Å²) in [5, 5.41) is 3.06. The van der Waals surface area contributed by atoms with Crippen molar-refractivity contribution in [2.45, 2.75) is 37.1 Å². The first-order valence-electron chi connectivity index (χ1n) is 4.87. The number of alkyl halides is 2. The fourth-order valence-electron chi connectivity index (χ4n) is 2.27. The van der Waals surface area contributed by atoms with E-state index in [0.29, 0.717) is 19.3 Å². The SMILES string of the molecule is Cl.FC1(F)CCCNC12CCSCC2. The summed E-state index contributed by atoms with van der Waals surface area (Å²) in [5.74, 6) is -0.725. The molecule has 2 aliphatic heterocycles. The molecular weight excluding hydrogens is 228 g/mol. The number of nitrogens with one attached hydrogen (secondary N) is 1. The van der Waals surface area contributed by atoms with Crippen LogP contribution in [0.4, 0.5) is 8.78 Å². The number of halogens is 3. The average molecular weight is 244 g/mol. The van der Waals surface area contributed by atoms with E-state index in [4.69, 9.17) is 0 Å². The fraction of sp³-hybridized carbons (Fsp3) is 1.00. The quantitative estimate of drug-likeness (QED) is 0.702. The summed E-state index contributed by atoms with van der Waals surface area (Å²) in [6.07, 6.45) is 1.95. The van der Waals surface area contributed by atoms with E-state index in [-0.39, 0.29) is 18.8 Å². The van der Waals surface area contributed by atoms with E-state index in [9.17, 15) is 8.78 Å². The van der Waals surface area contributed by atoms with E-state index in [1.807, 2.05) is 0 Å². The van der Waals surface area contributed by atoms with Crippen molar-refractivity contribution < 1.29 is 8.78 Å². The zero-order valence-electron chi connectivity index (χ0n) is 8.02. The van der Waals surface area contributed by atoms with Crippen LogP contribution in [-0.2, 0) is 0 Å². The summed E-state index contributed by atoms with van der Waals surface area (Å²) in [4.78, 5) is 0. The summed E-state index contributed by atoms with van der Waals surface area (Å²) >= 11 is 1.79. The lowest BCUT2D eigenvalue weighted by Crippen LogP contribution is -2.63. The van der Waals surface area contributed by atoms with Crippen molar-refractivity contribution >= 4 is 24.2 Å². The molecule has 84 valence electrons. The second-order valence-electron chi connectivity index (χ2n) is 3.93. The summed E-state index contributed by atoms with van der Waals surface area (Å²) in [6.45, 7) is 0.764. The maximum atomic E-state index is 13.7. The largest absolute Gasteiger partial charge is 0.306 e. The lowest BCUT2D eigenvalue weighted by Gasteiger charge is -2.46. The van der Waals surface area contributed by atoms with Crippen molar-refractivity contribution in [3.8, 4) is 0 Å². The molecule has 0 aromatic rings. The Morgan fingerprint density at radius 1 is 1.07 bits per heavy atom. The molecule has 2 fully saturated rings. The molecule has 0 radical (unpaired) electrons. The van der Waals surface area contributed by atoms with Gasteiger partial charge in [-0.15, -0.1) is 12.4 Å². The van der Waals surface area contributed by atoms with Crippen LogP contribution in [-0.4, -0.2) is 29.5 Å². The third-order valence-electron chi connectivity index (χ3n) is 3.18. The second kappa shape index (κ2) is 4.54. The molecule has 0 aromatic carbocycles. The van der Waals surface area contributed by atoms with Crippen molar-refractivity contribution in [3.63, 3.8) is 0 Å². The predicted octanol–water partition coefficient (Wildman–Crippen LogP) is 2.69. The lowest BCUT2D eigenvalue weighted by atomic mass is 9.80. The van der Waals surface area contributed by atoms with E-state index >= 15 is 0 Å². The Balaban J connectivity index is 0.000000980. The molecule has 1 N–H and O–H groups in total. The van der Waals surface area contributed by atoms with Gasteiger partial charge in [-0.3, -0.25) is 0 Å². The smallest absolute Gasteiger partial charge is 0.266 e. The van der Waals surface area contributed by atoms with Gasteiger partial charge in [0.25, 0.3) is 5.92 Å². The first-order chi connectivity index (χ1) is 6.16. The predicted molar refractivity (Wildman–Crippen MR) is 58.7 cm³/mol. The Morgan fingerprint density at radius 2 is 1.71 bits per heavy atom. The molecule has 0 atom stereocenters. The maximum absolute atomic E-state index is 13.7. The highest BCUT2D eigenvalue weighted by atomic mass is 35.5. The number of thioether (sulfide) groups is 1. The molecule has 1 nitrogen and oxygen atoms in total. The highest BCUT2D eigenvalue weighted by molar-refractivity contribution is 7.99. The van der Waals surface area contributed by atoms with Gasteiger partial charge >= 0.3 is 0 Å². The van der Waals surface area contributed by atoms with Crippen LogP contribution in [0.2, 0.25) is 0 Å². The molecule has 0 bridgehead atoms. The summed E-state index contributed by atoms with van der Waals surface area (Å²) in [6, 6.07) is 0. The number of hydrogen-bond acceptors (Lipinski definition) is 2. The molecule has 0 aromatic heterocycles. The van der Waals surface area contributed by atoms with Gasteiger partial charge in [0.1, 0.15) is 0 Å². The van der Waals surface area contributed by atoms with Crippen molar-refractivity contribution in [2.24, 2.45) is 0 Å². The Labute approximate surface area is 93.8 Å². The first-order valence-corrected chi connectivity index (χ1v) is 6.02. The highest BCUT2D eigenvalue weighted by Gasteiger charge is 2.54. The zero-order chi connectivity index (χ0) is 9.36. The molecule has 0 unspecified atom stereocenters. The van der Waals surface area contributed by atoms with Crippen LogP contribution in [0.3, 0.4) is 0 Å². The van der Waals surface area contributed by atoms with Crippen LogP contribution in [0.15, 0.2) is 0 Å². The number of piperidine rings is 1. The number of hydrogen-bond donors (Lipinski definition) is 1. The Hall–Kier alpha value is 0.460. The molecule has 5 heteroatoms. The molecule has 2 rings (SSSR count). The van der Waals surface area contributed by atoms with Gasteiger partial charge in [-0.2, -0.15) is 11.8 Å². The van der Waals surface area contributed by atoms with E-state index in [1.165, 1.54) is 0 Å². The van der Waals surface area contributed by atoms with Gasteiger partial charge in [-0.25, -0.2) is 8.78 Å². The first kappa shape index (κ1) is 12.5. The molecule has 0 amide bonds. The minimum absolute atomic E-state index is 0. The van der Waals surface area contributed by atoms with Gasteiger partial charge in [-0.1, -0.05) is 0 Å². The van der Waals surface area contributed by atoms with E-state index < -0.39 is 11.5 Å². The average Bonchev–Trinajstić information content (AvgIpc) is 2.12. The minimum Gasteiger partial charge on any atom is -0.306 e. The van der Waals surface area contributed by atoms with Crippen LogP contribution in [0.25, 0.3) is 0 Å². The maximum Gasteiger partial charge on any atom is 0.266 e. The van der Waals surface area contributed by atoms with E-state index in [1.54, 1.807) is 11.8 Å². The monoisotopic (exact) mass is 243 g/mol. The van der Waals surface area contributed by atoms with Crippen molar-refractivity contribution in [1.29, 1.82) is 0 Å². The van der Waals surface area contributed by atoms with E-state index in [0.717, 1.165) is 18.1 Å². The van der Waals surface area contributed by atoms with Crippen LogP contribution >= 0.6 is 24.2 Å². The normalized spacial score (nSPS) is 29.6. The third kappa shape index (κ3) is 2.02. The summed E-state index contributed by atoms with van der Waals surface area (Å²) < 4.78 is 27.3. The van der Waals surface area contributed by atoms with Crippen molar-refractivity contribution in [1.82, 2.24) is 5.32 Å². The van der Waals surface area contributed by atoms with Gasteiger partial charge in [0.2, 0.25) is 0 Å². The summed E-state index contributed by atoms with van der Waals surface area (Å²) in [7, 11) is 0. The fourth-order valence-corrected chi connectivity index (χ4v) is 3.46. The van der Waals surface area contributed by atoms with Crippen molar-refractivity contribution in [3.05, 3.63) is 0 Å². The van der Waals surface area contributed by atoms with Crippen LogP contribution in [0, 0.1) is 0 Å². The summed E-state index contributed by atoms with van der Waals surface area (Å²) in [5.41, 5.74) is -0.851. The Bertz CT molecular complexity index is 187. The topological polar surface area (TPSA) is 12.0 Å². The second-order valence-corrected chi connectivity index (χ2v) is 5.15. The molecule has 2 heterocycles. The molecule has 1 spiro atoms. The van der Waals surface area contributed by atoms with Crippen molar-refractivity contribution in [2.75, 3.05) is 18.1 Å². The standard InChI is InChI=1S/C9H15F2NS.ClH/c10-9(11)2-1-5-12-8(9)3-6-13-7-4-8;/h12H,1-7H2;1H. The van der Waals surface area contributed by atoms with Crippen LogP contribution in [0.5, 0.6) is 0 Å². The number of rotatable bonds is 0. The van der Waals surface area contributed by atoms with Gasteiger partial charge in [0, 0.05) is 6.42 Å². The van der Waals surface area contributed by atoms with Gasteiger partial charge in [0.05, 0.1) is 5.54 Å². The van der Waals surface area contributed by atoms with Gasteiger partial charge < -0.3 is 5.32 Å². The minimum atomic E-state index is -2.48. The molecule has 2 saturated heterocycles. The molecule has 2 aliphatic rings. The van der Waals surface area contributed by atoms with Crippen LogP contribution in [0.1, 0.15) is 25.7 Å². The van der Waals surface area contributed by atoms with Gasteiger partial charge in [0.15, 0.2) is 0 Å². The van der Waals surface area contributed by atoms with Crippen LogP contribution < -0.4 is 5.32 Å². The Kier molecular flexibility index (Phi) is 4.06. The molecule has 14 heavy (non-hydrogen) atoms. The highest BCUT2D eigenvalue weighted by Crippen LogP contribution is 2.44. The van der Waals surface area contributed by atoms with E-state index in [2.05, 4.69) is 5.32 Å². The van der Waals surface area contributed by atoms with Gasteiger partial charge in [-0.05, 0) is 37.3 Å². The molecule has 0 saturated carbocycles. The third-order valence-corrected chi connectivity index (χ3v) is 4.16. The molecular formula is C9H16ClF2NS. The Morgan fingerprint density at radius 3 is 2.29 bits per heavy atom. The lowest BCUT2D eigenvalue weighted by molar-refractivity contribution is -0.116. The molecule has 0 aliphatic carbocycles. The zero-order valence-corrected chi connectivity index (χ0v) is 9.66.